The first kappa shape index (κ1) is 12.4. The minimum absolute atomic E-state index is 0.0419. The lowest BCUT2D eigenvalue weighted by Crippen LogP contribution is -2.34. The molecule has 0 aromatic carbocycles. The molecule has 1 heterocycles. The molecule has 0 amide bonds. The number of aromatic nitrogens is 1. The molecule has 2 unspecified atom stereocenters. The van der Waals surface area contributed by atoms with Gasteiger partial charge in [0.1, 0.15) is 0 Å². The number of hydrogen-bond acceptors (Lipinski definition) is 2. The monoisotopic (exact) mass is 241 g/mol. The Morgan fingerprint density at radius 2 is 2.29 bits per heavy atom. The van der Waals surface area contributed by atoms with Crippen molar-refractivity contribution in [3.05, 3.63) is 30.1 Å². The van der Waals surface area contributed by atoms with Crippen LogP contribution in [0.25, 0.3) is 0 Å². The van der Waals surface area contributed by atoms with Gasteiger partial charge in [-0.2, -0.15) is 0 Å². The van der Waals surface area contributed by atoms with Gasteiger partial charge in [-0.25, -0.2) is 8.78 Å². The highest BCUT2D eigenvalue weighted by Gasteiger charge is 2.38. The van der Waals surface area contributed by atoms with E-state index in [1.54, 1.807) is 12.3 Å². The second-order valence-electron chi connectivity index (χ2n) is 4.80. The lowest BCUT2D eigenvalue weighted by Gasteiger charge is -2.31. The molecule has 0 aliphatic heterocycles. The van der Waals surface area contributed by atoms with Crippen molar-refractivity contribution in [2.24, 2.45) is 5.92 Å². The van der Waals surface area contributed by atoms with Crippen LogP contribution in [0.1, 0.15) is 31.4 Å². The number of pyridine rings is 1. The highest BCUT2D eigenvalue weighted by molar-refractivity contribution is 5.05. The van der Waals surface area contributed by atoms with Crippen molar-refractivity contribution in [3.8, 4) is 0 Å². The van der Waals surface area contributed by atoms with Gasteiger partial charge < -0.3 is 5.11 Å². The van der Waals surface area contributed by atoms with Crippen LogP contribution in [0, 0.1) is 5.92 Å². The Kier molecular flexibility index (Phi) is 3.72. The molecule has 0 saturated heterocycles. The third-order valence-electron chi connectivity index (χ3n) is 3.37. The van der Waals surface area contributed by atoms with Crippen molar-refractivity contribution in [3.63, 3.8) is 0 Å². The van der Waals surface area contributed by atoms with Crippen molar-refractivity contribution < 1.29 is 13.9 Å². The summed E-state index contributed by atoms with van der Waals surface area (Å²) in [6.07, 6.45) is 2.25. The zero-order chi connectivity index (χ0) is 12.3. The van der Waals surface area contributed by atoms with Gasteiger partial charge in [0.15, 0.2) is 0 Å². The van der Waals surface area contributed by atoms with Crippen LogP contribution < -0.4 is 0 Å². The van der Waals surface area contributed by atoms with E-state index < -0.39 is 12.0 Å². The number of aliphatic hydroxyl groups is 1. The van der Waals surface area contributed by atoms with Gasteiger partial charge >= 0.3 is 0 Å². The van der Waals surface area contributed by atoms with Gasteiger partial charge in [0.05, 0.1) is 6.10 Å². The Balaban J connectivity index is 1.94. The first-order valence-electron chi connectivity index (χ1n) is 6.03. The number of aliphatic hydroxyl groups excluding tert-OH is 1. The Morgan fingerprint density at radius 3 is 2.94 bits per heavy atom. The maximum atomic E-state index is 13.2. The van der Waals surface area contributed by atoms with Crippen LogP contribution in [0.15, 0.2) is 24.4 Å². The molecule has 2 atom stereocenters. The number of hydrogen-bond donors (Lipinski definition) is 1. The van der Waals surface area contributed by atoms with Crippen LogP contribution in [-0.4, -0.2) is 22.1 Å². The van der Waals surface area contributed by atoms with E-state index in [1.165, 1.54) is 0 Å². The van der Waals surface area contributed by atoms with Gasteiger partial charge in [-0.3, -0.25) is 4.98 Å². The van der Waals surface area contributed by atoms with E-state index in [2.05, 4.69) is 4.98 Å². The van der Waals surface area contributed by atoms with Crippen LogP contribution in [0.4, 0.5) is 8.78 Å². The van der Waals surface area contributed by atoms with Gasteiger partial charge in [0.2, 0.25) is 5.92 Å². The van der Waals surface area contributed by atoms with Gasteiger partial charge in [0, 0.05) is 31.2 Å². The van der Waals surface area contributed by atoms with E-state index in [9.17, 15) is 13.9 Å². The highest BCUT2D eigenvalue weighted by Crippen LogP contribution is 2.38. The number of halogens is 2. The van der Waals surface area contributed by atoms with E-state index >= 15 is 0 Å². The van der Waals surface area contributed by atoms with E-state index in [-0.39, 0.29) is 18.8 Å². The van der Waals surface area contributed by atoms with E-state index in [1.807, 2.05) is 12.1 Å². The molecule has 1 fully saturated rings. The molecule has 1 saturated carbocycles. The smallest absolute Gasteiger partial charge is 0.248 e. The molecule has 1 aliphatic carbocycles. The second kappa shape index (κ2) is 5.08. The third kappa shape index (κ3) is 3.46. The van der Waals surface area contributed by atoms with Gasteiger partial charge in [-0.15, -0.1) is 0 Å². The summed E-state index contributed by atoms with van der Waals surface area (Å²) in [5, 5.41) is 9.99. The molecular formula is C13H17F2NO. The first-order chi connectivity index (χ1) is 8.07. The van der Waals surface area contributed by atoms with Crippen LogP contribution in [-0.2, 0) is 6.42 Å². The summed E-state index contributed by atoms with van der Waals surface area (Å²) in [5.41, 5.74) is 0.758. The average Bonchev–Trinajstić information content (AvgIpc) is 2.29. The van der Waals surface area contributed by atoms with Crippen molar-refractivity contribution >= 4 is 0 Å². The quantitative estimate of drug-likeness (QED) is 0.882. The average molecular weight is 241 g/mol. The van der Waals surface area contributed by atoms with Crippen molar-refractivity contribution in [1.82, 2.24) is 4.98 Å². The van der Waals surface area contributed by atoms with Crippen LogP contribution in [0.2, 0.25) is 0 Å². The molecule has 2 nitrogen and oxygen atoms in total. The predicted octanol–water partition coefficient (Wildman–Crippen LogP) is 2.81. The normalized spacial score (nSPS) is 25.5. The van der Waals surface area contributed by atoms with Gasteiger partial charge in [0.25, 0.3) is 0 Å². The molecule has 0 bridgehead atoms. The number of nitrogens with zero attached hydrogens (tertiary/aromatic N) is 1. The largest absolute Gasteiger partial charge is 0.392 e. The minimum atomic E-state index is -2.60. The molecule has 0 spiro atoms. The zero-order valence-electron chi connectivity index (χ0n) is 9.65. The molecule has 17 heavy (non-hydrogen) atoms. The standard InChI is InChI=1S/C13H17F2NO/c14-13(15)6-3-4-10(9-13)12(17)8-11-5-1-2-7-16-11/h1-2,5,7,10,12,17H,3-4,6,8-9H2. The van der Waals surface area contributed by atoms with Crippen LogP contribution in [0.3, 0.4) is 0 Å². The zero-order valence-corrected chi connectivity index (χ0v) is 9.65. The maximum absolute atomic E-state index is 13.2. The molecule has 1 aliphatic rings. The molecule has 2 rings (SSSR count). The first-order valence-corrected chi connectivity index (χ1v) is 6.03. The van der Waals surface area contributed by atoms with E-state index in [4.69, 9.17) is 0 Å². The lowest BCUT2D eigenvalue weighted by atomic mass is 9.81. The van der Waals surface area contributed by atoms with E-state index in [0.29, 0.717) is 19.3 Å². The second-order valence-corrected chi connectivity index (χ2v) is 4.80. The van der Waals surface area contributed by atoms with Crippen molar-refractivity contribution in [2.45, 2.75) is 44.1 Å². The molecule has 1 aromatic rings. The minimum Gasteiger partial charge on any atom is -0.392 e. The lowest BCUT2D eigenvalue weighted by molar-refractivity contribution is -0.0753. The highest BCUT2D eigenvalue weighted by atomic mass is 19.3. The fourth-order valence-corrected chi connectivity index (χ4v) is 2.44. The Hall–Kier alpha value is -1.03. The van der Waals surface area contributed by atoms with Crippen LogP contribution >= 0.6 is 0 Å². The summed E-state index contributed by atoms with van der Waals surface area (Å²) >= 11 is 0. The van der Waals surface area contributed by atoms with Gasteiger partial charge in [-0.05, 0) is 30.9 Å². The third-order valence-corrected chi connectivity index (χ3v) is 3.37. The Bertz CT molecular complexity index is 356. The molecule has 1 N–H and O–H groups in total. The Labute approximate surface area is 99.7 Å². The van der Waals surface area contributed by atoms with Crippen molar-refractivity contribution in [1.29, 1.82) is 0 Å². The molecule has 0 radical (unpaired) electrons. The molecular weight excluding hydrogens is 224 g/mol. The summed E-state index contributed by atoms with van der Waals surface area (Å²) in [7, 11) is 0. The molecule has 1 aromatic heterocycles. The summed E-state index contributed by atoms with van der Waals surface area (Å²) in [4.78, 5) is 4.10. The molecule has 94 valence electrons. The SMILES string of the molecule is OC(Cc1ccccn1)C1CCCC(F)(F)C1. The number of rotatable bonds is 3. The summed E-state index contributed by atoms with van der Waals surface area (Å²) < 4.78 is 26.5. The summed E-state index contributed by atoms with van der Waals surface area (Å²) in [6.45, 7) is 0. The van der Waals surface area contributed by atoms with E-state index in [0.717, 1.165) is 5.69 Å². The predicted molar refractivity (Wildman–Crippen MR) is 60.9 cm³/mol. The number of alkyl halides is 2. The maximum Gasteiger partial charge on any atom is 0.248 e. The molecule has 4 heteroatoms. The fraction of sp³-hybridized carbons (Fsp3) is 0.615. The fourth-order valence-electron chi connectivity index (χ4n) is 2.44. The summed E-state index contributed by atoms with van der Waals surface area (Å²) in [6, 6.07) is 5.44. The van der Waals surface area contributed by atoms with Crippen molar-refractivity contribution in [2.75, 3.05) is 0 Å². The van der Waals surface area contributed by atoms with Gasteiger partial charge in [-0.1, -0.05) is 6.07 Å². The van der Waals surface area contributed by atoms with Crippen LogP contribution in [0.5, 0.6) is 0 Å². The summed E-state index contributed by atoms with van der Waals surface area (Å²) in [5.74, 6) is -2.91. The Morgan fingerprint density at radius 1 is 1.47 bits per heavy atom. The topological polar surface area (TPSA) is 33.1 Å².